The lowest BCUT2D eigenvalue weighted by molar-refractivity contribution is 0.111. The van der Waals surface area contributed by atoms with Crippen molar-refractivity contribution in [1.82, 2.24) is 0 Å². The Kier molecular flexibility index (Phi) is 2.62. The molecule has 0 aromatic rings. The normalized spacial score (nSPS) is 26.2. The van der Waals surface area contributed by atoms with Crippen LogP contribution >= 0.6 is 0 Å². The summed E-state index contributed by atoms with van der Waals surface area (Å²) < 4.78 is 0. The molecule has 0 saturated heterocycles. The first-order chi connectivity index (χ1) is 5.43. The first-order valence-corrected chi connectivity index (χ1v) is 4.85. The molecule has 0 aromatic carbocycles. The average molecular weight is 168 g/mol. The van der Waals surface area contributed by atoms with E-state index in [0.29, 0.717) is 5.92 Å². The van der Waals surface area contributed by atoms with Crippen LogP contribution < -0.4 is 0 Å². The second-order valence-corrected chi connectivity index (χ2v) is 4.51. The van der Waals surface area contributed by atoms with Crippen LogP contribution in [0.3, 0.4) is 0 Å². The summed E-state index contributed by atoms with van der Waals surface area (Å²) in [6, 6.07) is 0. The van der Waals surface area contributed by atoms with E-state index in [0.717, 1.165) is 6.42 Å². The van der Waals surface area contributed by atoms with Crippen LogP contribution in [0.15, 0.2) is 11.1 Å². The highest BCUT2D eigenvalue weighted by molar-refractivity contribution is 5.24. The smallest absolute Gasteiger partial charge is 0.0803 e. The van der Waals surface area contributed by atoms with Crippen molar-refractivity contribution < 1.29 is 5.11 Å². The minimum absolute atomic E-state index is 0.598. The lowest BCUT2D eigenvalue weighted by atomic mass is 9.78. The van der Waals surface area contributed by atoms with E-state index in [1.807, 2.05) is 13.8 Å². The molecule has 1 heteroatoms. The van der Waals surface area contributed by atoms with Gasteiger partial charge in [-0.05, 0) is 51.5 Å². The highest BCUT2D eigenvalue weighted by Gasteiger charge is 2.26. The SMILES string of the molecule is CC1=C(C(C)(C)O)CCCC1C. The van der Waals surface area contributed by atoms with Crippen molar-refractivity contribution in [3.63, 3.8) is 0 Å². The average Bonchev–Trinajstić information content (AvgIpc) is 1.92. The predicted molar refractivity (Wildman–Crippen MR) is 52.0 cm³/mol. The summed E-state index contributed by atoms with van der Waals surface area (Å²) in [5.41, 5.74) is 2.08. The molecule has 70 valence electrons. The summed E-state index contributed by atoms with van der Waals surface area (Å²) in [7, 11) is 0. The van der Waals surface area contributed by atoms with Gasteiger partial charge >= 0.3 is 0 Å². The predicted octanol–water partition coefficient (Wildman–Crippen LogP) is 2.89. The van der Waals surface area contributed by atoms with Gasteiger partial charge in [-0.25, -0.2) is 0 Å². The van der Waals surface area contributed by atoms with E-state index >= 15 is 0 Å². The molecule has 1 aliphatic rings. The maximum Gasteiger partial charge on any atom is 0.0803 e. The Bertz CT molecular complexity index is 196. The zero-order valence-electron chi connectivity index (χ0n) is 8.65. The number of rotatable bonds is 1. The van der Waals surface area contributed by atoms with Gasteiger partial charge < -0.3 is 5.11 Å². The highest BCUT2D eigenvalue weighted by atomic mass is 16.3. The number of aliphatic hydroxyl groups is 1. The molecule has 0 aliphatic heterocycles. The molecule has 12 heavy (non-hydrogen) atoms. The van der Waals surface area contributed by atoms with E-state index in [2.05, 4.69) is 13.8 Å². The van der Waals surface area contributed by atoms with E-state index in [1.165, 1.54) is 24.0 Å². The van der Waals surface area contributed by atoms with E-state index in [-0.39, 0.29) is 0 Å². The topological polar surface area (TPSA) is 20.2 Å². The minimum Gasteiger partial charge on any atom is -0.386 e. The molecular weight excluding hydrogens is 148 g/mol. The van der Waals surface area contributed by atoms with Crippen molar-refractivity contribution in [2.45, 2.75) is 52.6 Å². The third-order valence-corrected chi connectivity index (χ3v) is 3.02. The molecule has 1 rings (SSSR count). The molecule has 0 spiro atoms. The molecule has 0 saturated carbocycles. The van der Waals surface area contributed by atoms with Gasteiger partial charge in [-0.1, -0.05) is 12.5 Å². The van der Waals surface area contributed by atoms with Crippen LogP contribution in [0.1, 0.15) is 47.0 Å². The van der Waals surface area contributed by atoms with Gasteiger partial charge in [0.15, 0.2) is 0 Å². The zero-order valence-corrected chi connectivity index (χ0v) is 8.65. The van der Waals surface area contributed by atoms with E-state index in [9.17, 15) is 5.11 Å². The fourth-order valence-corrected chi connectivity index (χ4v) is 2.08. The summed E-state index contributed by atoms with van der Waals surface area (Å²) in [6.07, 6.45) is 3.60. The monoisotopic (exact) mass is 168 g/mol. The number of allylic oxidation sites excluding steroid dienone is 1. The summed E-state index contributed by atoms with van der Waals surface area (Å²) in [6.45, 7) is 8.20. The van der Waals surface area contributed by atoms with Crippen molar-refractivity contribution >= 4 is 0 Å². The van der Waals surface area contributed by atoms with E-state index in [1.54, 1.807) is 0 Å². The van der Waals surface area contributed by atoms with Crippen LogP contribution in [0.4, 0.5) is 0 Å². The van der Waals surface area contributed by atoms with Gasteiger partial charge in [0.2, 0.25) is 0 Å². The fraction of sp³-hybridized carbons (Fsp3) is 0.818. The van der Waals surface area contributed by atoms with Gasteiger partial charge in [0, 0.05) is 0 Å². The first kappa shape index (κ1) is 9.79. The summed E-state index contributed by atoms with van der Waals surface area (Å²) >= 11 is 0. The Balaban J connectivity index is 2.93. The second kappa shape index (κ2) is 3.21. The van der Waals surface area contributed by atoms with Gasteiger partial charge in [-0.3, -0.25) is 0 Å². The second-order valence-electron chi connectivity index (χ2n) is 4.51. The van der Waals surface area contributed by atoms with E-state index < -0.39 is 5.60 Å². The quantitative estimate of drug-likeness (QED) is 0.597. The third kappa shape index (κ3) is 1.89. The van der Waals surface area contributed by atoms with E-state index in [4.69, 9.17) is 0 Å². The van der Waals surface area contributed by atoms with Gasteiger partial charge in [-0.15, -0.1) is 0 Å². The number of hydrogen-bond acceptors (Lipinski definition) is 1. The first-order valence-electron chi connectivity index (χ1n) is 4.85. The minimum atomic E-state index is -0.598. The van der Waals surface area contributed by atoms with Crippen molar-refractivity contribution in [2.24, 2.45) is 5.92 Å². The maximum atomic E-state index is 9.87. The zero-order chi connectivity index (χ0) is 9.35. The molecule has 0 heterocycles. The third-order valence-electron chi connectivity index (χ3n) is 3.02. The number of hydrogen-bond donors (Lipinski definition) is 1. The molecule has 0 aromatic heterocycles. The largest absolute Gasteiger partial charge is 0.386 e. The van der Waals surface area contributed by atoms with Crippen molar-refractivity contribution in [3.8, 4) is 0 Å². The lowest BCUT2D eigenvalue weighted by Gasteiger charge is -2.31. The Hall–Kier alpha value is -0.300. The molecular formula is C11H20O. The van der Waals surface area contributed by atoms with Crippen LogP contribution in [0.25, 0.3) is 0 Å². The molecule has 1 aliphatic carbocycles. The Morgan fingerprint density at radius 1 is 1.42 bits per heavy atom. The van der Waals surface area contributed by atoms with Crippen LogP contribution in [0.5, 0.6) is 0 Å². The molecule has 0 bridgehead atoms. The Morgan fingerprint density at radius 2 is 2.00 bits per heavy atom. The Labute approximate surface area is 75.5 Å². The van der Waals surface area contributed by atoms with Crippen molar-refractivity contribution in [3.05, 3.63) is 11.1 Å². The standard InChI is InChI=1S/C11H20O/c1-8-6-5-7-10(9(8)2)11(3,4)12/h8,12H,5-7H2,1-4H3. The van der Waals surface area contributed by atoms with Crippen molar-refractivity contribution in [2.75, 3.05) is 0 Å². The van der Waals surface area contributed by atoms with Gasteiger partial charge in [0.1, 0.15) is 0 Å². The van der Waals surface area contributed by atoms with Gasteiger partial charge in [0.05, 0.1) is 5.60 Å². The van der Waals surface area contributed by atoms with Crippen LogP contribution in [0.2, 0.25) is 0 Å². The summed E-state index contributed by atoms with van der Waals surface area (Å²) in [5, 5.41) is 9.87. The fourth-order valence-electron chi connectivity index (χ4n) is 2.08. The van der Waals surface area contributed by atoms with Gasteiger partial charge in [-0.2, -0.15) is 0 Å². The molecule has 1 nitrogen and oxygen atoms in total. The molecule has 1 unspecified atom stereocenters. The molecule has 0 amide bonds. The molecule has 0 fully saturated rings. The molecule has 1 N–H and O–H groups in total. The highest BCUT2D eigenvalue weighted by Crippen LogP contribution is 2.35. The van der Waals surface area contributed by atoms with Crippen LogP contribution in [0, 0.1) is 5.92 Å². The van der Waals surface area contributed by atoms with Crippen LogP contribution in [-0.4, -0.2) is 10.7 Å². The lowest BCUT2D eigenvalue weighted by Crippen LogP contribution is -2.26. The van der Waals surface area contributed by atoms with Crippen molar-refractivity contribution in [1.29, 1.82) is 0 Å². The molecule has 1 atom stereocenters. The maximum absolute atomic E-state index is 9.87. The Morgan fingerprint density at radius 3 is 2.42 bits per heavy atom. The summed E-state index contributed by atoms with van der Waals surface area (Å²) in [5.74, 6) is 0.667. The van der Waals surface area contributed by atoms with Crippen LogP contribution in [-0.2, 0) is 0 Å². The summed E-state index contributed by atoms with van der Waals surface area (Å²) in [4.78, 5) is 0. The van der Waals surface area contributed by atoms with Gasteiger partial charge in [0.25, 0.3) is 0 Å². The molecule has 0 radical (unpaired) electrons.